The molecule has 0 radical (unpaired) electrons. The first-order valence-corrected chi connectivity index (χ1v) is 22.4. The van der Waals surface area contributed by atoms with E-state index in [0.717, 1.165) is 152 Å². The lowest BCUT2D eigenvalue weighted by Gasteiger charge is -2.22. The number of hydrogen-bond acceptors (Lipinski definition) is 9. The van der Waals surface area contributed by atoms with Crippen LogP contribution in [-0.2, 0) is 0 Å². The molecule has 0 aliphatic heterocycles. The molecule has 360 valence electrons. The van der Waals surface area contributed by atoms with Crippen LogP contribution in [0, 0.1) is 90.0 Å². The van der Waals surface area contributed by atoms with Crippen LogP contribution in [0.5, 0.6) is 51.7 Å². The number of aryl methyl sites for hydroxylation is 4. The van der Waals surface area contributed by atoms with Gasteiger partial charge in [-0.3, -0.25) is 0 Å². The third kappa shape index (κ3) is 10.3. The van der Waals surface area contributed by atoms with Crippen LogP contribution in [0.25, 0.3) is 33.4 Å². The Morgan fingerprint density at radius 2 is 0.642 bits per heavy atom. The molecule has 0 aromatic heterocycles. The molecule has 0 saturated carbocycles. The lowest BCUT2D eigenvalue weighted by atomic mass is 9.90. The van der Waals surface area contributed by atoms with Gasteiger partial charge in [0.05, 0.1) is 64.0 Å². The highest BCUT2D eigenvalue weighted by Gasteiger charge is 2.25. The van der Waals surface area contributed by atoms with Crippen LogP contribution in [0.4, 0.5) is 0 Å². The van der Waals surface area contributed by atoms with Crippen molar-refractivity contribution in [2.75, 3.05) is 64.0 Å². The largest absolute Gasteiger partial charge is 0.496 e. The first kappa shape index (κ1) is 53.1. The van der Waals surface area contributed by atoms with Crippen molar-refractivity contribution in [3.63, 3.8) is 0 Å². The fourth-order valence-corrected chi connectivity index (χ4v) is 9.50. The van der Waals surface area contributed by atoms with Crippen LogP contribution >= 0.6 is 0 Å². The molecule has 0 heterocycles. The van der Waals surface area contributed by atoms with Crippen LogP contribution < -0.4 is 42.6 Å². The van der Waals surface area contributed by atoms with Crippen LogP contribution in [0.15, 0.2) is 48.5 Å². The first-order chi connectivity index (χ1) is 31.8. The van der Waals surface area contributed by atoms with Gasteiger partial charge in [0.2, 0.25) is 0 Å². The number of benzene rings is 6. The smallest absolute Gasteiger partial charge is 0.130 e. The first-order valence-electron chi connectivity index (χ1n) is 22.4. The molecular weight excluding hydrogens is 841 g/mol. The lowest BCUT2D eigenvalue weighted by Crippen LogP contribution is -2.03. The Kier molecular flexibility index (Phi) is 18.1. The topological polar surface area (TPSA) is 83.1 Å². The van der Waals surface area contributed by atoms with E-state index in [0.29, 0.717) is 0 Å². The summed E-state index contributed by atoms with van der Waals surface area (Å²) < 4.78 is 50.7. The Balaban J connectivity index is 0.000000219. The second-order valence-corrected chi connectivity index (χ2v) is 16.9. The van der Waals surface area contributed by atoms with E-state index in [1.54, 1.807) is 64.0 Å². The van der Waals surface area contributed by atoms with Gasteiger partial charge in [-0.2, -0.15) is 0 Å². The summed E-state index contributed by atoms with van der Waals surface area (Å²) in [6, 6.07) is 16.5. The van der Waals surface area contributed by atoms with E-state index in [1.807, 2.05) is 24.3 Å². The number of methoxy groups -OCH3 is 9. The molecule has 0 saturated heterocycles. The quantitative estimate of drug-likeness (QED) is 0.119. The van der Waals surface area contributed by atoms with Gasteiger partial charge in [-0.15, -0.1) is 0 Å². The summed E-state index contributed by atoms with van der Waals surface area (Å²) in [5.41, 5.74) is 20.7. The second-order valence-electron chi connectivity index (χ2n) is 16.9. The summed E-state index contributed by atoms with van der Waals surface area (Å²) >= 11 is 0. The van der Waals surface area contributed by atoms with Crippen LogP contribution in [-0.4, -0.2) is 64.0 Å². The third-order valence-electron chi connectivity index (χ3n) is 13.1. The Bertz CT molecular complexity index is 2720. The molecule has 0 amide bonds. The van der Waals surface area contributed by atoms with Crippen LogP contribution in [0.1, 0.15) is 72.3 Å². The van der Waals surface area contributed by atoms with E-state index in [4.69, 9.17) is 42.6 Å². The standard InChI is InChI=1S/C20H26O3.2C19H24O3/c1-11-9-16(10-12(2)18(11)21-6)17-15(5)19(22-7)13(3)14(4)20(17)23-8;1-11-8-9-16(20-5)15(10-11)17-14(4)18(21-6)12(2)13(3)19(17)22-7;1-11-9-8-10-15(20-5)16(11)17-14(4)18(21-6)12(2)13(3)19(17)22-7/h9-10H,1-8H3;2*8-10H,1-7H3. The minimum Gasteiger partial charge on any atom is -0.496 e. The summed E-state index contributed by atoms with van der Waals surface area (Å²) in [7, 11) is 15.4. The normalized spacial score (nSPS) is 10.5. The lowest BCUT2D eigenvalue weighted by molar-refractivity contribution is 0.395. The SMILES string of the molecule is COc1c(C)cc(-c2c(C)c(OC)c(C)c(C)c2OC)cc1C.COc1ccc(C)cc1-c1c(C)c(OC)c(C)c(C)c1OC.COc1cccc(C)c1-c1c(C)c(OC)c(C)c(C)c1OC. The van der Waals surface area contributed by atoms with Gasteiger partial charge in [0.25, 0.3) is 0 Å². The minimum atomic E-state index is 0.831. The molecule has 6 aromatic carbocycles. The molecule has 9 heteroatoms. The number of ether oxygens (including phenoxy) is 9. The molecule has 0 unspecified atom stereocenters. The fraction of sp³-hybridized carbons (Fsp3) is 0.379. The van der Waals surface area contributed by atoms with Crippen molar-refractivity contribution in [1.29, 1.82) is 0 Å². The van der Waals surface area contributed by atoms with Gasteiger partial charge >= 0.3 is 0 Å². The minimum absolute atomic E-state index is 0.831. The molecule has 0 aliphatic rings. The molecular formula is C58H74O9. The van der Waals surface area contributed by atoms with E-state index in [2.05, 4.69) is 114 Å². The monoisotopic (exact) mass is 915 g/mol. The molecule has 0 aliphatic carbocycles. The average Bonchev–Trinajstić information content (AvgIpc) is 3.30. The predicted octanol–water partition coefficient (Wildman–Crippen LogP) is 14.1. The van der Waals surface area contributed by atoms with Gasteiger partial charge in [0.1, 0.15) is 51.7 Å². The van der Waals surface area contributed by atoms with Gasteiger partial charge in [0.15, 0.2) is 0 Å². The van der Waals surface area contributed by atoms with E-state index in [9.17, 15) is 0 Å². The highest BCUT2D eigenvalue weighted by atomic mass is 16.5. The maximum absolute atomic E-state index is 5.74. The van der Waals surface area contributed by atoms with Gasteiger partial charge in [0, 0.05) is 44.5 Å². The predicted molar refractivity (Wildman–Crippen MR) is 276 cm³/mol. The number of rotatable bonds is 12. The summed E-state index contributed by atoms with van der Waals surface area (Å²) in [5.74, 6) is 7.98. The summed E-state index contributed by atoms with van der Waals surface area (Å²) in [5, 5.41) is 0. The maximum Gasteiger partial charge on any atom is 0.130 e. The van der Waals surface area contributed by atoms with Gasteiger partial charge < -0.3 is 42.6 Å². The van der Waals surface area contributed by atoms with Crippen molar-refractivity contribution in [3.8, 4) is 85.1 Å². The van der Waals surface area contributed by atoms with Crippen LogP contribution in [0.3, 0.4) is 0 Å². The molecule has 0 spiro atoms. The van der Waals surface area contributed by atoms with Crippen molar-refractivity contribution in [1.82, 2.24) is 0 Å². The maximum atomic E-state index is 5.74. The zero-order chi connectivity index (χ0) is 50.2. The van der Waals surface area contributed by atoms with Gasteiger partial charge in [-0.05, 0) is 176 Å². The average molecular weight is 915 g/mol. The van der Waals surface area contributed by atoms with Crippen molar-refractivity contribution in [3.05, 3.63) is 121 Å². The zero-order valence-corrected chi connectivity index (χ0v) is 44.3. The molecule has 9 nitrogen and oxygen atoms in total. The second kappa shape index (κ2) is 22.8. The Hall–Kier alpha value is -6.48. The molecule has 6 aromatic rings. The summed E-state index contributed by atoms with van der Waals surface area (Å²) in [6.07, 6.45) is 0. The van der Waals surface area contributed by atoms with Crippen molar-refractivity contribution in [2.24, 2.45) is 0 Å². The zero-order valence-electron chi connectivity index (χ0n) is 44.3. The fourth-order valence-electron chi connectivity index (χ4n) is 9.50. The van der Waals surface area contributed by atoms with E-state index in [-0.39, 0.29) is 0 Å². The molecule has 6 rings (SSSR count). The molecule has 67 heavy (non-hydrogen) atoms. The summed E-state index contributed by atoms with van der Waals surface area (Å²) in [6.45, 7) is 26.9. The van der Waals surface area contributed by atoms with Crippen LogP contribution in [0.2, 0.25) is 0 Å². The van der Waals surface area contributed by atoms with Gasteiger partial charge in [-0.25, -0.2) is 0 Å². The van der Waals surface area contributed by atoms with E-state index >= 15 is 0 Å². The molecule has 0 atom stereocenters. The highest BCUT2D eigenvalue weighted by molar-refractivity contribution is 5.86. The molecule has 0 fully saturated rings. The van der Waals surface area contributed by atoms with Crippen molar-refractivity contribution < 1.29 is 42.6 Å². The Morgan fingerprint density at radius 1 is 0.269 bits per heavy atom. The Labute approximate surface area is 401 Å². The van der Waals surface area contributed by atoms with E-state index < -0.39 is 0 Å². The van der Waals surface area contributed by atoms with Crippen molar-refractivity contribution >= 4 is 0 Å². The summed E-state index contributed by atoms with van der Waals surface area (Å²) in [4.78, 5) is 0. The molecule has 0 N–H and O–H groups in total. The Morgan fingerprint density at radius 3 is 1.06 bits per heavy atom. The highest BCUT2D eigenvalue weighted by Crippen LogP contribution is 2.49. The number of hydrogen-bond donors (Lipinski definition) is 0. The molecule has 0 bridgehead atoms. The van der Waals surface area contributed by atoms with Crippen molar-refractivity contribution in [2.45, 2.75) is 90.0 Å². The van der Waals surface area contributed by atoms with Gasteiger partial charge in [-0.1, -0.05) is 23.8 Å². The third-order valence-corrected chi connectivity index (χ3v) is 13.1. The van der Waals surface area contributed by atoms with E-state index in [1.165, 1.54) is 5.56 Å².